The van der Waals surface area contributed by atoms with Crippen LogP contribution in [0.15, 0.2) is 6.33 Å². The Balaban J connectivity index is 2.07. The lowest BCUT2D eigenvalue weighted by molar-refractivity contribution is 0.0235. The van der Waals surface area contributed by atoms with Crippen molar-refractivity contribution in [3.63, 3.8) is 0 Å². The van der Waals surface area contributed by atoms with E-state index in [4.69, 9.17) is 0 Å². The van der Waals surface area contributed by atoms with Gasteiger partial charge >= 0.3 is 0 Å². The van der Waals surface area contributed by atoms with Crippen molar-refractivity contribution < 1.29 is 5.11 Å². The lowest BCUT2D eigenvalue weighted by Crippen LogP contribution is -2.34. The molecular weight excluding hydrogens is 214 g/mol. The fourth-order valence-corrected chi connectivity index (χ4v) is 3.10. The van der Waals surface area contributed by atoms with E-state index in [2.05, 4.69) is 23.9 Å². The minimum Gasteiger partial charge on any atom is -0.392 e. The Morgan fingerprint density at radius 2 is 2.12 bits per heavy atom. The molecule has 1 heterocycles. The van der Waals surface area contributed by atoms with Crippen LogP contribution in [0.3, 0.4) is 0 Å². The Hall–Kier alpha value is -0.900. The highest BCUT2D eigenvalue weighted by Crippen LogP contribution is 2.44. The molecule has 2 rings (SSSR count). The van der Waals surface area contributed by atoms with E-state index in [0.717, 1.165) is 31.6 Å². The van der Waals surface area contributed by atoms with Crippen molar-refractivity contribution in [2.45, 2.75) is 65.0 Å². The first-order valence-corrected chi connectivity index (χ1v) is 6.76. The first kappa shape index (κ1) is 12.6. The second-order valence-corrected chi connectivity index (χ2v) is 5.13. The van der Waals surface area contributed by atoms with Crippen molar-refractivity contribution >= 4 is 0 Å². The number of aliphatic hydroxyl groups is 1. The summed E-state index contributed by atoms with van der Waals surface area (Å²) in [6, 6.07) is 0. The summed E-state index contributed by atoms with van der Waals surface area (Å²) in [6.07, 6.45) is 7.84. The molecule has 0 amide bonds. The zero-order valence-electron chi connectivity index (χ0n) is 10.9. The van der Waals surface area contributed by atoms with Crippen LogP contribution in [0.5, 0.6) is 0 Å². The van der Waals surface area contributed by atoms with Gasteiger partial charge in [0, 0.05) is 13.0 Å². The molecule has 1 aromatic heterocycles. The van der Waals surface area contributed by atoms with E-state index < -0.39 is 0 Å². The minimum atomic E-state index is -0.274. The fourth-order valence-electron chi connectivity index (χ4n) is 3.10. The Morgan fingerprint density at radius 1 is 1.41 bits per heavy atom. The highest BCUT2D eigenvalue weighted by atomic mass is 16.3. The van der Waals surface area contributed by atoms with Gasteiger partial charge in [-0.25, -0.2) is 4.98 Å². The molecule has 1 aliphatic rings. The number of hydrogen-bond acceptors (Lipinski definition) is 3. The standard InChI is InChI=1S/C13H23N3O/c1-3-13(7-5-6-8-13)11(17)9-12-14-10-15-16(12)4-2/h10-11,17H,3-9H2,1-2H3. The molecule has 1 aliphatic carbocycles. The summed E-state index contributed by atoms with van der Waals surface area (Å²) in [5.74, 6) is 0.916. The lowest BCUT2D eigenvalue weighted by Gasteiger charge is -2.33. The number of nitrogens with zero attached hydrogens (tertiary/aromatic N) is 3. The van der Waals surface area contributed by atoms with Crippen LogP contribution >= 0.6 is 0 Å². The van der Waals surface area contributed by atoms with Gasteiger partial charge in [0.1, 0.15) is 12.2 Å². The van der Waals surface area contributed by atoms with Crippen molar-refractivity contribution in [3.8, 4) is 0 Å². The van der Waals surface area contributed by atoms with Gasteiger partial charge in [0.05, 0.1) is 6.10 Å². The Kier molecular flexibility index (Phi) is 3.82. The lowest BCUT2D eigenvalue weighted by atomic mass is 9.76. The molecule has 0 saturated heterocycles. The third-order valence-corrected chi connectivity index (χ3v) is 4.38. The van der Waals surface area contributed by atoms with Crippen LogP contribution in [-0.2, 0) is 13.0 Å². The maximum atomic E-state index is 10.5. The van der Waals surface area contributed by atoms with Crippen molar-refractivity contribution in [3.05, 3.63) is 12.2 Å². The molecule has 1 N–H and O–H groups in total. The smallest absolute Gasteiger partial charge is 0.138 e. The van der Waals surface area contributed by atoms with Gasteiger partial charge in [-0.1, -0.05) is 19.8 Å². The van der Waals surface area contributed by atoms with Crippen molar-refractivity contribution in [1.82, 2.24) is 14.8 Å². The van der Waals surface area contributed by atoms with Crippen LogP contribution in [0.25, 0.3) is 0 Å². The summed E-state index contributed by atoms with van der Waals surface area (Å²) in [7, 11) is 0. The maximum Gasteiger partial charge on any atom is 0.138 e. The summed E-state index contributed by atoms with van der Waals surface area (Å²) in [4.78, 5) is 4.26. The number of rotatable bonds is 5. The number of hydrogen-bond donors (Lipinski definition) is 1. The molecule has 0 spiro atoms. The third-order valence-electron chi connectivity index (χ3n) is 4.38. The van der Waals surface area contributed by atoms with E-state index in [0.29, 0.717) is 6.42 Å². The van der Waals surface area contributed by atoms with E-state index >= 15 is 0 Å². The van der Waals surface area contributed by atoms with E-state index in [1.165, 1.54) is 12.8 Å². The fraction of sp³-hybridized carbons (Fsp3) is 0.846. The molecule has 96 valence electrons. The summed E-state index contributed by atoms with van der Waals surface area (Å²) >= 11 is 0. The van der Waals surface area contributed by atoms with Gasteiger partial charge in [0.15, 0.2) is 0 Å². The van der Waals surface area contributed by atoms with E-state index in [1.807, 2.05) is 4.68 Å². The van der Waals surface area contributed by atoms with Gasteiger partial charge in [-0.15, -0.1) is 0 Å². The first-order valence-electron chi connectivity index (χ1n) is 6.76. The van der Waals surface area contributed by atoms with Crippen LogP contribution in [0.2, 0.25) is 0 Å². The average molecular weight is 237 g/mol. The minimum absolute atomic E-state index is 0.129. The van der Waals surface area contributed by atoms with Gasteiger partial charge < -0.3 is 5.11 Å². The molecular formula is C13H23N3O. The van der Waals surface area contributed by atoms with Crippen LogP contribution in [-0.4, -0.2) is 26.0 Å². The van der Waals surface area contributed by atoms with E-state index in [9.17, 15) is 5.11 Å². The number of aliphatic hydroxyl groups excluding tert-OH is 1. The Labute approximate surface area is 103 Å². The predicted octanol–water partition coefficient (Wildman–Crippen LogP) is 2.17. The predicted molar refractivity (Wildman–Crippen MR) is 66.6 cm³/mol. The number of aromatic nitrogens is 3. The summed E-state index contributed by atoms with van der Waals surface area (Å²) < 4.78 is 1.88. The van der Waals surface area contributed by atoms with Crippen LogP contribution < -0.4 is 0 Å². The topological polar surface area (TPSA) is 50.9 Å². The molecule has 1 unspecified atom stereocenters. The molecule has 0 bridgehead atoms. The molecule has 4 nitrogen and oxygen atoms in total. The second kappa shape index (κ2) is 5.17. The molecule has 0 aromatic carbocycles. The van der Waals surface area contributed by atoms with Gasteiger partial charge in [-0.3, -0.25) is 4.68 Å². The number of aryl methyl sites for hydroxylation is 1. The van der Waals surface area contributed by atoms with Crippen LogP contribution in [0, 0.1) is 5.41 Å². The van der Waals surface area contributed by atoms with Gasteiger partial charge in [-0.05, 0) is 31.6 Å². The highest BCUT2D eigenvalue weighted by molar-refractivity contribution is 4.96. The third kappa shape index (κ3) is 2.37. The quantitative estimate of drug-likeness (QED) is 0.854. The summed E-state index contributed by atoms with van der Waals surface area (Å²) in [5, 5.41) is 14.7. The van der Waals surface area contributed by atoms with E-state index in [-0.39, 0.29) is 11.5 Å². The molecule has 1 atom stereocenters. The SMILES string of the molecule is CCn1ncnc1CC(O)C1(CC)CCCC1. The van der Waals surface area contributed by atoms with Crippen LogP contribution in [0.1, 0.15) is 51.8 Å². The molecule has 1 aromatic rings. The van der Waals surface area contributed by atoms with Gasteiger partial charge in [0.2, 0.25) is 0 Å². The zero-order valence-corrected chi connectivity index (χ0v) is 10.9. The molecule has 1 saturated carbocycles. The maximum absolute atomic E-state index is 10.5. The zero-order chi connectivity index (χ0) is 12.3. The highest BCUT2D eigenvalue weighted by Gasteiger charge is 2.39. The van der Waals surface area contributed by atoms with Gasteiger partial charge in [0.25, 0.3) is 0 Å². The summed E-state index contributed by atoms with van der Waals surface area (Å²) in [5.41, 5.74) is 0.129. The molecule has 1 fully saturated rings. The molecule has 0 radical (unpaired) electrons. The average Bonchev–Trinajstić information content (AvgIpc) is 2.97. The van der Waals surface area contributed by atoms with Gasteiger partial charge in [-0.2, -0.15) is 5.10 Å². The Bertz CT molecular complexity index is 355. The molecule has 0 aliphatic heterocycles. The van der Waals surface area contributed by atoms with Crippen molar-refractivity contribution in [1.29, 1.82) is 0 Å². The monoisotopic (exact) mass is 237 g/mol. The Morgan fingerprint density at radius 3 is 2.71 bits per heavy atom. The largest absolute Gasteiger partial charge is 0.392 e. The van der Waals surface area contributed by atoms with Crippen molar-refractivity contribution in [2.75, 3.05) is 0 Å². The molecule has 17 heavy (non-hydrogen) atoms. The van der Waals surface area contributed by atoms with Crippen LogP contribution in [0.4, 0.5) is 0 Å². The molecule has 4 heteroatoms. The van der Waals surface area contributed by atoms with Crippen molar-refractivity contribution in [2.24, 2.45) is 5.41 Å². The second-order valence-electron chi connectivity index (χ2n) is 5.13. The normalized spacial score (nSPS) is 20.6. The van der Waals surface area contributed by atoms with E-state index in [1.54, 1.807) is 6.33 Å². The summed E-state index contributed by atoms with van der Waals surface area (Å²) in [6.45, 7) is 5.07. The first-order chi connectivity index (χ1) is 8.22.